The van der Waals surface area contributed by atoms with Crippen molar-refractivity contribution in [1.29, 1.82) is 0 Å². The normalized spacial score (nSPS) is 23.3. The molecule has 1 aliphatic rings. The summed E-state index contributed by atoms with van der Waals surface area (Å²) in [5.74, 6) is -0.855. The van der Waals surface area contributed by atoms with Gasteiger partial charge in [0.25, 0.3) is 0 Å². The van der Waals surface area contributed by atoms with Gasteiger partial charge >= 0.3 is 12.1 Å². The van der Waals surface area contributed by atoms with E-state index in [2.05, 4.69) is 0 Å². The van der Waals surface area contributed by atoms with Crippen molar-refractivity contribution < 1.29 is 42.4 Å². The van der Waals surface area contributed by atoms with Gasteiger partial charge in [-0.25, -0.2) is 0 Å². The maximum absolute atomic E-state index is 12.9. The maximum Gasteiger partial charge on any atom is 0.416 e. The van der Waals surface area contributed by atoms with Crippen LogP contribution < -0.4 is 4.74 Å². The first-order chi connectivity index (χ1) is 17.0. The molecule has 1 saturated carbocycles. The van der Waals surface area contributed by atoms with Crippen molar-refractivity contribution in [1.82, 2.24) is 0 Å². The van der Waals surface area contributed by atoms with Gasteiger partial charge < -0.3 is 24.5 Å². The number of rotatable bonds is 13. The highest BCUT2D eigenvalue weighted by Gasteiger charge is 2.42. The van der Waals surface area contributed by atoms with Gasteiger partial charge in [-0.3, -0.25) is 4.79 Å². The summed E-state index contributed by atoms with van der Waals surface area (Å²) in [5.41, 5.74) is -0.844. The van der Waals surface area contributed by atoms with Gasteiger partial charge in [-0.1, -0.05) is 37.3 Å². The zero-order chi connectivity index (χ0) is 26.7. The van der Waals surface area contributed by atoms with Gasteiger partial charge in [-0.2, -0.15) is 13.2 Å². The molecular formula is C27H35F3O6. The van der Waals surface area contributed by atoms with Crippen molar-refractivity contribution >= 4 is 11.8 Å². The Balaban J connectivity index is 2.00. The van der Waals surface area contributed by atoms with Gasteiger partial charge in [0.2, 0.25) is 0 Å². The number of alkyl halides is 3. The number of aliphatic hydroxyl groups is 2. The molecule has 0 aliphatic heterocycles. The number of hydrogen-bond donors (Lipinski definition) is 2. The topological polar surface area (TPSA) is 93.1 Å². The van der Waals surface area contributed by atoms with Gasteiger partial charge in [0.05, 0.1) is 11.7 Å². The van der Waals surface area contributed by atoms with E-state index in [0.717, 1.165) is 25.0 Å². The van der Waals surface area contributed by atoms with E-state index in [1.54, 1.807) is 19.9 Å². The molecule has 5 atom stereocenters. The molecule has 0 bridgehead atoms. The van der Waals surface area contributed by atoms with Crippen molar-refractivity contribution in [2.45, 2.75) is 76.9 Å². The molecule has 1 fully saturated rings. The molecule has 6 nitrogen and oxygen atoms in total. The lowest BCUT2D eigenvalue weighted by molar-refractivity contribution is -0.150. The Hall–Kier alpha value is -2.65. The number of hydrogen-bond acceptors (Lipinski definition) is 6. The number of halogens is 3. The van der Waals surface area contributed by atoms with E-state index in [1.807, 2.05) is 12.2 Å². The molecule has 9 heteroatoms. The maximum atomic E-state index is 12.9. The molecule has 0 saturated heterocycles. The van der Waals surface area contributed by atoms with Crippen molar-refractivity contribution in [2.24, 2.45) is 11.8 Å². The minimum Gasteiger partial charge on any atom is -0.491 e. The minimum absolute atomic E-state index is 0.0162. The lowest BCUT2D eigenvalue weighted by atomic mass is 9.89. The molecule has 0 amide bonds. The second-order valence-corrected chi connectivity index (χ2v) is 9.02. The van der Waals surface area contributed by atoms with Crippen LogP contribution in [0.2, 0.25) is 0 Å². The number of carbonyl (C=O) groups excluding carboxylic acids is 2. The Morgan fingerprint density at radius 1 is 1.25 bits per heavy atom. The Morgan fingerprint density at radius 2 is 2.00 bits per heavy atom. The lowest BCUT2D eigenvalue weighted by Gasteiger charge is -2.22. The van der Waals surface area contributed by atoms with Crippen LogP contribution in [-0.2, 0) is 20.5 Å². The van der Waals surface area contributed by atoms with Crippen LogP contribution in [0.4, 0.5) is 13.2 Å². The van der Waals surface area contributed by atoms with Crippen LogP contribution >= 0.6 is 0 Å². The smallest absolute Gasteiger partial charge is 0.416 e. The van der Waals surface area contributed by atoms with Crippen molar-refractivity contribution in [3.8, 4) is 5.75 Å². The van der Waals surface area contributed by atoms with Crippen LogP contribution in [0, 0.1) is 11.8 Å². The van der Waals surface area contributed by atoms with Crippen LogP contribution in [-0.4, -0.2) is 46.9 Å². The van der Waals surface area contributed by atoms with E-state index in [-0.39, 0.29) is 42.9 Å². The van der Waals surface area contributed by atoms with Crippen LogP contribution in [0.3, 0.4) is 0 Å². The predicted molar refractivity (Wildman–Crippen MR) is 128 cm³/mol. The fourth-order valence-electron chi connectivity index (χ4n) is 4.17. The fraction of sp³-hybridized carbons (Fsp3) is 0.556. The monoisotopic (exact) mass is 512 g/mol. The third-order valence-corrected chi connectivity index (χ3v) is 6.07. The summed E-state index contributed by atoms with van der Waals surface area (Å²) in [6, 6.07) is 4.40. The molecular weight excluding hydrogens is 477 g/mol. The summed E-state index contributed by atoms with van der Waals surface area (Å²) < 4.78 is 49.4. The molecule has 0 spiro atoms. The van der Waals surface area contributed by atoms with E-state index < -0.39 is 36.0 Å². The molecule has 1 aromatic rings. The first kappa shape index (κ1) is 29.6. The number of esters is 1. The second-order valence-electron chi connectivity index (χ2n) is 9.02. The van der Waals surface area contributed by atoms with Crippen LogP contribution in [0.1, 0.15) is 57.9 Å². The van der Waals surface area contributed by atoms with Gasteiger partial charge in [-0.05, 0) is 44.4 Å². The van der Waals surface area contributed by atoms with E-state index in [9.17, 15) is 33.0 Å². The second kappa shape index (κ2) is 14.2. The molecule has 2 N–H and O–H groups in total. The quantitative estimate of drug-likeness (QED) is 0.219. The molecule has 0 radical (unpaired) electrons. The highest BCUT2D eigenvalue weighted by atomic mass is 19.4. The molecule has 0 heterocycles. The predicted octanol–water partition coefficient (Wildman–Crippen LogP) is 5.03. The average molecular weight is 513 g/mol. The summed E-state index contributed by atoms with van der Waals surface area (Å²) in [6.45, 7) is 2.97. The van der Waals surface area contributed by atoms with Gasteiger partial charge in [0.15, 0.2) is 0 Å². The number of carbonyl (C=O) groups is 2. The van der Waals surface area contributed by atoms with E-state index in [0.29, 0.717) is 12.8 Å². The molecule has 1 aliphatic carbocycles. The first-order valence-electron chi connectivity index (χ1n) is 12.2. The minimum atomic E-state index is -4.49. The van der Waals surface area contributed by atoms with Crippen molar-refractivity contribution in [3.05, 3.63) is 54.1 Å². The number of unbranched alkanes of at least 4 members (excludes halogenated alkanes) is 1. The van der Waals surface area contributed by atoms with E-state index in [1.165, 1.54) is 18.2 Å². The Kier molecular flexibility index (Phi) is 11.7. The summed E-state index contributed by atoms with van der Waals surface area (Å²) >= 11 is 0. The third kappa shape index (κ3) is 9.78. The van der Waals surface area contributed by atoms with Crippen LogP contribution in [0.25, 0.3) is 0 Å². The van der Waals surface area contributed by atoms with Crippen LogP contribution in [0.5, 0.6) is 5.75 Å². The standard InChI is InChI=1S/C27H35F3O6/c1-3-26(34)36-25-16-24(33)22(23(25)12-7-5-4-6-9-18(2)31)14-13-20(32)17-35-21-11-8-10-19(15-21)27(28,29)30/h5,7-8,10-11,13-15,20,22-25,32-33H,3-4,6,9,12,16-17H2,1-2H3/b7-5-,14-13+/t20-,22-,23-,24-,25+/m1/s1. The molecule has 0 aromatic heterocycles. The fourth-order valence-corrected chi connectivity index (χ4v) is 4.17. The molecule has 36 heavy (non-hydrogen) atoms. The SMILES string of the molecule is CCC(=O)O[C@H]1C[C@@H](O)[C@H](/C=C/[C@@H](O)COc2cccc(C(F)(F)F)c2)[C@H]1C/C=C\CCCC(C)=O. The largest absolute Gasteiger partial charge is 0.491 e. The Labute approximate surface area is 209 Å². The zero-order valence-electron chi connectivity index (χ0n) is 20.6. The summed E-state index contributed by atoms with van der Waals surface area (Å²) in [6.07, 6.45) is 3.12. The Morgan fingerprint density at radius 3 is 2.67 bits per heavy atom. The molecule has 200 valence electrons. The first-order valence-corrected chi connectivity index (χ1v) is 12.2. The number of ether oxygens (including phenoxy) is 2. The number of ketones is 1. The number of aliphatic hydroxyl groups excluding tert-OH is 2. The summed E-state index contributed by atoms with van der Waals surface area (Å²) in [7, 11) is 0. The zero-order valence-corrected chi connectivity index (χ0v) is 20.6. The van der Waals surface area contributed by atoms with Gasteiger partial charge in [-0.15, -0.1) is 0 Å². The van der Waals surface area contributed by atoms with E-state index in [4.69, 9.17) is 9.47 Å². The number of benzene rings is 1. The van der Waals surface area contributed by atoms with Crippen LogP contribution in [0.15, 0.2) is 48.6 Å². The lowest BCUT2D eigenvalue weighted by Crippen LogP contribution is -2.25. The van der Waals surface area contributed by atoms with Gasteiger partial charge in [0.1, 0.15) is 30.3 Å². The van der Waals surface area contributed by atoms with E-state index >= 15 is 0 Å². The highest BCUT2D eigenvalue weighted by Crippen LogP contribution is 2.38. The van der Waals surface area contributed by atoms with Crippen molar-refractivity contribution in [3.63, 3.8) is 0 Å². The highest BCUT2D eigenvalue weighted by molar-refractivity contribution is 5.75. The summed E-state index contributed by atoms with van der Waals surface area (Å²) in [4.78, 5) is 22.9. The molecule has 1 aromatic carbocycles. The summed E-state index contributed by atoms with van der Waals surface area (Å²) in [5, 5.41) is 20.9. The Bertz CT molecular complexity index is 911. The number of allylic oxidation sites excluding steroid dienone is 2. The number of Topliss-reactive ketones (excluding diaryl/α,β-unsaturated/α-hetero) is 1. The van der Waals surface area contributed by atoms with Gasteiger partial charge in [0, 0.05) is 31.1 Å². The average Bonchev–Trinajstić information content (AvgIpc) is 3.11. The van der Waals surface area contributed by atoms with Crippen molar-refractivity contribution in [2.75, 3.05) is 6.61 Å². The molecule has 0 unspecified atom stereocenters. The molecule has 2 rings (SSSR count). The third-order valence-electron chi connectivity index (χ3n) is 6.07.